The number of carbonyl (C=O) groups excluding carboxylic acids is 4. The SMILES string of the molecule is CCOC1OC(=O)C[C@@H]1NC(=O)[C@@H]1COC[C@@H]2C/C=C\C[C@H](NC(=O)c3nccc4ccccc34)C(=O)N21. The van der Waals surface area contributed by atoms with Gasteiger partial charge in [-0.15, -0.1) is 0 Å². The van der Waals surface area contributed by atoms with E-state index >= 15 is 0 Å². The van der Waals surface area contributed by atoms with Gasteiger partial charge in [0, 0.05) is 18.2 Å². The molecule has 3 aliphatic rings. The summed E-state index contributed by atoms with van der Waals surface area (Å²) in [5.41, 5.74) is 0.225. The fourth-order valence-electron chi connectivity index (χ4n) is 5.11. The molecule has 2 N–H and O–H groups in total. The minimum atomic E-state index is -0.944. The van der Waals surface area contributed by atoms with Crippen LogP contribution in [0.4, 0.5) is 0 Å². The number of morpholine rings is 1. The third-order valence-electron chi connectivity index (χ3n) is 6.93. The van der Waals surface area contributed by atoms with Crippen molar-refractivity contribution in [2.45, 2.75) is 56.6 Å². The van der Waals surface area contributed by atoms with Crippen LogP contribution in [0.5, 0.6) is 0 Å². The average Bonchev–Trinajstić information content (AvgIpc) is 3.26. The summed E-state index contributed by atoms with van der Waals surface area (Å²) in [5.74, 6) is -1.79. The Morgan fingerprint density at radius 2 is 1.92 bits per heavy atom. The Kier molecular flexibility index (Phi) is 7.66. The summed E-state index contributed by atoms with van der Waals surface area (Å²) in [6.07, 6.45) is 5.21. The fraction of sp³-hybridized carbons (Fsp3) is 0.444. The maximum absolute atomic E-state index is 13.9. The van der Waals surface area contributed by atoms with E-state index in [1.54, 1.807) is 13.1 Å². The number of cyclic esters (lactones) is 1. The van der Waals surface area contributed by atoms with Crippen LogP contribution in [0.2, 0.25) is 0 Å². The van der Waals surface area contributed by atoms with E-state index < -0.39 is 42.2 Å². The van der Waals surface area contributed by atoms with Gasteiger partial charge in [0.2, 0.25) is 18.1 Å². The Labute approximate surface area is 219 Å². The van der Waals surface area contributed by atoms with Gasteiger partial charge in [-0.1, -0.05) is 36.4 Å². The molecule has 2 fully saturated rings. The average molecular weight is 523 g/mol. The number of carbonyl (C=O) groups is 4. The molecule has 4 heterocycles. The highest BCUT2D eigenvalue weighted by Crippen LogP contribution is 2.24. The smallest absolute Gasteiger partial charge is 0.310 e. The molecule has 11 heteroatoms. The molecule has 3 amide bonds. The molecule has 3 aliphatic heterocycles. The molecule has 0 saturated carbocycles. The number of hydrogen-bond acceptors (Lipinski definition) is 8. The van der Waals surface area contributed by atoms with Crippen molar-refractivity contribution in [2.24, 2.45) is 0 Å². The van der Waals surface area contributed by atoms with Crippen LogP contribution >= 0.6 is 0 Å². The maximum atomic E-state index is 13.9. The van der Waals surface area contributed by atoms with E-state index in [0.717, 1.165) is 5.39 Å². The van der Waals surface area contributed by atoms with Gasteiger partial charge < -0.3 is 29.7 Å². The van der Waals surface area contributed by atoms with Crippen molar-refractivity contribution in [1.29, 1.82) is 0 Å². The van der Waals surface area contributed by atoms with Crippen molar-refractivity contribution in [3.63, 3.8) is 0 Å². The second-order valence-corrected chi connectivity index (χ2v) is 9.43. The summed E-state index contributed by atoms with van der Waals surface area (Å²) in [6, 6.07) is 6.31. The first-order valence-corrected chi connectivity index (χ1v) is 12.8. The number of hydrogen-bond donors (Lipinski definition) is 2. The third kappa shape index (κ3) is 5.25. The normalized spacial score (nSPS) is 28.1. The van der Waals surface area contributed by atoms with E-state index in [0.29, 0.717) is 18.4 Å². The van der Waals surface area contributed by atoms with Gasteiger partial charge >= 0.3 is 5.97 Å². The molecule has 1 unspecified atom stereocenters. The number of benzene rings is 1. The minimum absolute atomic E-state index is 0.00976. The summed E-state index contributed by atoms with van der Waals surface area (Å²) in [6.45, 7) is 2.32. The van der Waals surface area contributed by atoms with Gasteiger partial charge in [-0.2, -0.15) is 0 Å². The van der Waals surface area contributed by atoms with Crippen molar-refractivity contribution in [2.75, 3.05) is 19.8 Å². The molecule has 5 rings (SSSR count). The number of ether oxygens (including phenoxy) is 3. The molecule has 0 aliphatic carbocycles. The van der Waals surface area contributed by atoms with Crippen LogP contribution < -0.4 is 10.6 Å². The molecular weight excluding hydrogens is 492 g/mol. The van der Waals surface area contributed by atoms with E-state index in [1.807, 2.05) is 42.5 Å². The zero-order valence-corrected chi connectivity index (χ0v) is 21.0. The molecular formula is C27H30N4O7. The van der Waals surface area contributed by atoms with Gasteiger partial charge in [0.15, 0.2) is 0 Å². The van der Waals surface area contributed by atoms with Gasteiger partial charge in [0.1, 0.15) is 23.8 Å². The van der Waals surface area contributed by atoms with Crippen LogP contribution in [0.1, 0.15) is 36.7 Å². The van der Waals surface area contributed by atoms with Crippen molar-refractivity contribution in [1.82, 2.24) is 20.5 Å². The van der Waals surface area contributed by atoms with Gasteiger partial charge in [-0.05, 0) is 31.2 Å². The molecule has 0 bridgehead atoms. The van der Waals surface area contributed by atoms with Crippen LogP contribution in [0.15, 0.2) is 48.7 Å². The van der Waals surface area contributed by atoms with Crippen LogP contribution in [-0.4, -0.2) is 83.9 Å². The van der Waals surface area contributed by atoms with E-state index in [-0.39, 0.29) is 43.7 Å². The summed E-state index contributed by atoms with van der Waals surface area (Å²) in [5, 5.41) is 7.19. The van der Waals surface area contributed by atoms with Crippen molar-refractivity contribution < 1.29 is 33.4 Å². The largest absolute Gasteiger partial charge is 0.433 e. The number of rotatable bonds is 6. The number of nitrogens with zero attached hydrogens (tertiary/aromatic N) is 2. The van der Waals surface area contributed by atoms with E-state index in [4.69, 9.17) is 14.2 Å². The summed E-state index contributed by atoms with van der Waals surface area (Å²) >= 11 is 0. The van der Waals surface area contributed by atoms with E-state index in [2.05, 4.69) is 15.6 Å². The van der Waals surface area contributed by atoms with Gasteiger partial charge in [-0.3, -0.25) is 24.2 Å². The first-order chi connectivity index (χ1) is 18.5. The predicted octanol–water partition coefficient (Wildman–Crippen LogP) is 1.07. The number of pyridine rings is 1. The molecule has 5 atom stereocenters. The Bertz CT molecular complexity index is 1260. The molecule has 1 aromatic heterocycles. The topological polar surface area (TPSA) is 136 Å². The Hall–Kier alpha value is -3.83. The molecule has 2 aromatic rings. The van der Waals surface area contributed by atoms with Crippen molar-refractivity contribution in [3.05, 3.63) is 54.4 Å². The Balaban J connectivity index is 1.36. The quantitative estimate of drug-likeness (QED) is 0.425. The predicted molar refractivity (Wildman–Crippen MR) is 135 cm³/mol. The zero-order valence-electron chi connectivity index (χ0n) is 21.0. The first-order valence-electron chi connectivity index (χ1n) is 12.8. The number of amides is 3. The van der Waals surface area contributed by atoms with E-state index in [9.17, 15) is 19.2 Å². The first kappa shape index (κ1) is 25.8. The van der Waals surface area contributed by atoms with Gasteiger partial charge in [0.05, 0.1) is 25.7 Å². The Morgan fingerprint density at radius 3 is 2.76 bits per heavy atom. The van der Waals surface area contributed by atoms with Crippen LogP contribution in [-0.2, 0) is 28.6 Å². The maximum Gasteiger partial charge on any atom is 0.310 e. The highest BCUT2D eigenvalue weighted by Gasteiger charge is 2.44. The van der Waals surface area contributed by atoms with Crippen LogP contribution in [0.25, 0.3) is 10.8 Å². The van der Waals surface area contributed by atoms with Crippen molar-refractivity contribution in [3.8, 4) is 0 Å². The molecule has 200 valence electrons. The number of nitrogens with one attached hydrogen (secondary N) is 2. The molecule has 0 spiro atoms. The number of fused-ring (bicyclic) bond motifs is 2. The molecule has 2 saturated heterocycles. The van der Waals surface area contributed by atoms with Gasteiger partial charge in [0.25, 0.3) is 5.91 Å². The minimum Gasteiger partial charge on any atom is -0.433 e. The lowest BCUT2D eigenvalue weighted by atomic mass is 9.99. The number of esters is 1. The van der Waals surface area contributed by atoms with Crippen molar-refractivity contribution >= 4 is 34.5 Å². The summed E-state index contributed by atoms with van der Waals surface area (Å²) < 4.78 is 16.3. The second-order valence-electron chi connectivity index (χ2n) is 9.43. The van der Waals surface area contributed by atoms with Crippen LogP contribution in [0.3, 0.4) is 0 Å². The molecule has 38 heavy (non-hydrogen) atoms. The molecule has 1 aromatic carbocycles. The molecule has 11 nitrogen and oxygen atoms in total. The third-order valence-corrected chi connectivity index (χ3v) is 6.93. The fourth-order valence-corrected chi connectivity index (χ4v) is 5.11. The summed E-state index contributed by atoms with van der Waals surface area (Å²) in [4.78, 5) is 58.1. The van der Waals surface area contributed by atoms with E-state index in [1.165, 1.54) is 4.90 Å². The zero-order chi connectivity index (χ0) is 26.6. The van der Waals surface area contributed by atoms with Crippen LogP contribution in [0, 0.1) is 0 Å². The standard InChI is InChI=1S/C27H30N4O7/c1-2-37-27-20(13-22(32)38-27)30-24(33)21-15-36-14-17-8-4-6-10-19(26(35)31(17)21)29-25(34)23-18-9-5-3-7-16(18)11-12-28-23/h3-7,9,11-12,17,19-21,27H,2,8,10,13-15H2,1H3,(H,29,34)(H,30,33)/b6-4-/t17-,19-,20-,21-,27?/m0/s1. The lowest BCUT2D eigenvalue weighted by Gasteiger charge is -2.43. The highest BCUT2D eigenvalue weighted by atomic mass is 16.7. The Morgan fingerprint density at radius 1 is 1.11 bits per heavy atom. The van der Waals surface area contributed by atoms with Gasteiger partial charge in [-0.25, -0.2) is 0 Å². The monoisotopic (exact) mass is 522 g/mol. The summed E-state index contributed by atoms with van der Waals surface area (Å²) in [7, 11) is 0. The molecule has 0 radical (unpaired) electrons. The highest BCUT2D eigenvalue weighted by molar-refractivity contribution is 6.06. The second kappa shape index (κ2) is 11.3. The number of aromatic nitrogens is 1. The lowest BCUT2D eigenvalue weighted by Crippen LogP contribution is -2.65. The lowest BCUT2D eigenvalue weighted by molar-refractivity contribution is -0.166.